The quantitative estimate of drug-likeness (QED) is 0.590. The first-order valence-corrected chi connectivity index (χ1v) is 8.12. The molecule has 23 heavy (non-hydrogen) atoms. The molecule has 0 unspecified atom stereocenters. The minimum absolute atomic E-state index is 0. The molecule has 0 bridgehead atoms. The number of hydrogen-bond acceptors (Lipinski definition) is 3. The van der Waals surface area contributed by atoms with Crippen LogP contribution in [0.5, 0.6) is 5.75 Å². The van der Waals surface area contributed by atoms with E-state index in [1.807, 2.05) is 0 Å². The van der Waals surface area contributed by atoms with Gasteiger partial charge < -0.3 is 15.4 Å². The third kappa shape index (κ3) is 8.18. The molecular formula is C17H26ClFN2O2. The zero-order valence-electron chi connectivity index (χ0n) is 13.4. The number of carbonyl (C=O) groups excluding carboxylic acids is 1. The van der Waals surface area contributed by atoms with Crippen molar-refractivity contribution >= 4 is 18.3 Å². The molecule has 6 heteroatoms. The van der Waals surface area contributed by atoms with Gasteiger partial charge in [-0.05, 0) is 37.1 Å². The Morgan fingerprint density at radius 3 is 2.39 bits per heavy atom. The van der Waals surface area contributed by atoms with Crippen LogP contribution in [-0.2, 0) is 4.79 Å². The summed E-state index contributed by atoms with van der Waals surface area (Å²) in [5.41, 5.74) is 0. The van der Waals surface area contributed by atoms with E-state index in [0.29, 0.717) is 18.3 Å². The Labute approximate surface area is 143 Å². The van der Waals surface area contributed by atoms with Crippen molar-refractivity contribution in [3.63, 3.8) is 0 Å². The van der Waals surface area contributed by atoms with Gasteiger partial charge >= 0.3 is 0 Å². The molecule has 0 saturated heterocycles. The molecule has 0 aromatic heterocycles. The van der Waals surface area contributed by atoms with Gasteiger partial charge in [0.25, 0.3) is 5.91 Å². The largest absolute Gasteiger partial charge is 0.484 e. The van der Waals surface area contributed by atoms with Crippen molar-refractivity contribution in [1.82, 2.24) is 10.6 Å². The Morgan fingerprint density at radius 2 is 1.74 bits per heavy atom. The van der Waals surface area contributed by atoms with Crippen LogP contribution in [-0.4, -0.2) is 31.6 Å². The Kier molecular flexibility index (Phi) is 9.64. The molecule has 0 atom stereocenters. The van der Waals surface area contributed by atoms with Crippen LogP contribution in [0.1, 0.15) is 38.5 Å². The first-order chi connectivity index (χ1) is 10.7. The van der Waals surface area contributed by atoms with Gasteiger partial charge in [-0.1, -0.05) is 25.7 Å². The van der Waals surface area contributed by atoms with Crippen LogP contribution in [0.3, 0.4) is 0 Å². The van der Waals surface area contributed by atoms with Crippen molar-refractivity contribution in [2.75, 3.05) is 19.7 Å². The molecule has 1 aliphatic rings. The second-order valence-corrected chi connectivity index (χ2v) is 5.74. The van der Waals surface area contributed by atoms with Crippen molar-refractivity contribution < 1.29 is 13.9 Å². The van der Waals surface area contributed by atoms with E-state index in [9.17, 15) is 9.18 Å². The lowest BCUT2D eigenvalue weighted by Crippen LogP contribution is -2.38. The molecule has 1 aromatic carbocycles. The average Bonchev–Trinajstić information content (AvgIpc) is 2.80. The normalized spacial score (nSPS) is 15.3. The van der Waals surface area contributed by atoms with Gasteiger partial charge in [-0.2, -0.15) is 0 Å². The van der Waals surface area contributed by atoms with Gasteiger partial charge in [-0.15, -0.1) is 12.4 Å². The number of rotatable bonds is 7. The minimum atomic E-state index is -0.318. The molecular weight excluding hydrogens is 319 g/mol. The Morgan fingerprint density at radius 1 is 1.09 bits per heavy atom. The number of benzene rings is 1. The van der Waals surface area contributed by atoms with Crippen molar-refractivity contribution in [2.45, 2.75) is 44.6 Å². The highest BCUT2D eigenvalue weighted by atomic mass is 35.5. The van der Waals surface area contributed by atoms with Gasteiger partial charge in [0.05, 0.1) is 0 Å². The number of nitrogens with one attached hydrogen (secondary N) is 2. The average molecular weight is 345 g/mol. The van der Waals surface area contributed by atoms with E-state index in [2.05, 4.69) is 10.6 Å². The molecule has 1 aromatic rings. The van der Waals surface area contributed by atoms with Crippen LogP contribution in [0.25, 0.3) is 0 Å². The second kappa shape index (κ2) is 11.2. The van der Waals surface area contributed by atoms with E-state index in [1.165, 1.54) is 62.8 Å². The number of amides is 1. The monoisotopic (exact) mass is 344 g/mol. The maximum Gasteiger partial charge on any atom is 0.257 e. The predicted molar refractivity (Wildman–Crippen MR) is 91.6 cm³/mol. The smallest absolute Gasteiger partial charge is 0.257 e. The Bertz CT molecular complexity index is 448. The number of carbonyl (C=O) groups is 1. The molecule has 1 aliphatic carbocycles. The standard InChI is InChI=1S/C17H25FN2O2.ClH/c18-14-7-9-16(10-8-14)22-13-17(21)20-12-11-19-15-5-3-1-2-4-6-15;/h7-10,15,19H,1-6,11-13H2,(H,20,21);1H. The number of hydrogen-bond donors (Lipinski definition) is 2. The highest BCUT2D eigenvalue weighted by molar-refractivity contribution is 5.85. The molecule has 0 radical (unpaired) electrons. The topological polar surface area (TPSA) is 50.4 Å². The van der Waals surface area contributed by atoms with Gasteiger partial charge in [0.1, 0.15) is 11.6 Å². The predicted octanol–water partition coefficient (Wildman–Crippen LogP) is 3.05. The van der Waals surface area contributed by atoms with Crippen LogP contribution in [0.2, 0.25) is 0 Å². The van der Waals surface area contributed by atoms with Crippen LogP contribution in [0.4, 0.5) is 4.39 Å². The summed E-state index contributed by atoms with van der Waals surface area (Å²) in [6.45, 7) is 1.34. The highest BCUT2D eigenvalue weighted by Gasteiger charge is 2.11. The minimum Gasteiger partial charge on any atom is -0.484 e. The van der Waals surface area contributed by atoms with E-state index in [-0.39, 0.29) is 30.7 Å². The van der Waals surface area contributed by atoms with E-state index >= 15 is 0 Å². The van der Waals surface area contributed by atoms with Crippen molar-refractivity contribution in [2.24, 2.45) is 0 Å². The van der Waals surface area contributed by atoms with Gasteiger partial charge in [-0.3, -0.25) is 4.79 Å². The van der Waals surface area contributed by atoms with Crippen LogP contribution < -0.4 is 15.4 Å². The summed E-state index contributed by atoms with van der Waals surface area (Å²) in [4.78, 5) is 11.7. The Hall–Kier alpha value is -1.33. The molecule has 0 aliphatic heterocycles. The summed E-state index contributed by atoms with van der Waals surface area (Å²) in [5, 5.41) is 6.32. The molecule has 130 valence electrons. The summed E-state index contributed by atoms with van der Waals surface area (Å²) in [5.74, 6) is 0.0153. The third-order valence-corrected chi connectivity index (χ3v) is 3.92. The van der Waals surface area contributed by atoms with E-state index < -0.39 is 0 Å². The highest BCUT2D eigenvalue weighted by Crippen LogP contribution is 2.16. The maximum absolute atomic E-state index is 12.7. The van der Waals surface area contributed by atoms with Crippen molar-refractivity contribution in [1.29, 1.82) is 0 Å². The summed E-state index contributed by atoms with van der Waals surface area (Å²) in [6.07, 6.45) is 7.76. The molecule has 2 N–H and O–H groups in total. The summed E-state index contributed by atoms with van der Waals surface area (Å²) < 4.78 is 18.0. The van der Waals surface area contributed by atoms with Crippen molar-refractivity contribution in [3.8, 4) is 5.75 Å². The van der Waals surface area contributed by atoms with E-state index in [0.717, 1.165) is 6.54 Å². The molecule has 1 amide bonds. The lowest BCUT2D eigenvalue weighted by Gasteiger charge is -2.16. The lowest BCUT2D eigenvalue weighted by molar-refractivity contribution is -0.123. The molecule has 4 nitrogen and oxygen atoms in total. The molecule has 0 heterocycles. The summed E-state index contributed by atoms with van der Waals surface area (Å²) >= 11 is 0. The maximum atomic E-state index is 12.7. The van der Waals surface area contributed by atoms with Gasteiger partial charge in [0.15, 0.2) is 6.61 Å². The Balaban J connectivity index is 0.00000264. The zero-order chi connectivity index (χ0) is 15.6. The zero-order valence-corrected chi connectivity index (χ0v) is 14.2. The first-order valence-electron chi connectivity index (χ1n) is 8.12. The fourth-order valence-corrected chi connectivity index (χ4v) is 2.69. The lowest BCUT2D eigenvalue weighted by atomic mass is 10.1. The molecule has 1 fully saturated rings. The summed E-state index contributed by atoms with van der Waals surface area (Å²) in [7, 11) is 0. The SMILES string of the molecule is Cl.O=C(COc1ccc(F)cc1)NCCNC1CCCCCC1. The third-order valence-electron chi connectivity index (χ3n) is 3.92. The second-order valence-electron chi connectivity index (χ2n) is 5.74. The molecule has 2 rings (SSSR count). The number of ether oxygens (including phenoxy) is 1. The first kappa shape index (κ1) is 19.7. The molecule has 1 saturated carbocycles. The number of halogens is 2. The van der Waals surface area contributed by atoms with E-state index in [4.69, 9.17) is 4.74 Å². The van der Waals surface area contributed by atoms with Gasteiger partial charge in [0.2, 0.25) is 0 Å². The van der Waals surface area contributed by atoms with Gasteiger partial charge in [-0.25, -0.2) is 4.39 Å². The fourth-order valence-electron chi connectivity index (χ4n) is 2.69. The van der Waals surface area contributed by atoms with E-state index in [1.54, 1.807) is 0 Å². The van der Waals surface area contributed by atoms with Crippen LogP contribution >= 0.6 is 12.4 Å². The fraction of sp³-hybridized carbons (Fsp3) is 0.588. The van der Waals surface area contributed by atoms with Crippen molar-refractivity contribution in [3.05, 3.63) is 30.1 Å². The summed E-state index contributed by atoms with van der Waals surface area (Å²) in [6, 6.07) is 6.23. The van der Waals surface area contributed by atoms with Gasteiger partial charge in [0, 0.05) is 19.1 Å². The van der Waals surface area contributed by atoms with Crippen LogP contribution in [0, 0.1) is 5.82 Å². The molecule has 0 spiro atoms. The van der Waals surface area contributed by atoms with Crippen LogP contribution in [0.15, 0.2) is 24.3 Å².